The number of phenols is 1. The Morgan fingerprint density at radius 1 is 1.12 bits per heavy atom. The molecule has 0 aliphatic carbocycles. The van der Waals surface area contributed by atoms with Gasteiger partial charge in [0.15, 0.2) is 16.5 Å². The summed E-state index contributed by atoms with van der Waals surface area (Å²) in [6.07, 6.45) is 1.40. The van der Waals surface area contributed by atoms with Crippen LogP contribution in [0.2, 0.25) is 0 Å². The molecular formula is C18H20O5S. The van der Waals surface area contributed by atoms with E-state index in [-0.39, 0.29) is 28.6 Å². The van der Waals surface area contributed by atoms with Gasteiger partial charge in [-0.3, -0.25) is 4.79 Å². The molecule has 0 aliphatic rings. The van der Waals surface area contributed by atoms with Crippen LogP contribution in [0.5, 0.6) is 11.5 Å². The maximum absolute atomic E-state index is 11.5. The third-order valence-electron chi connectivity index (χ3n) is 3.66. The van der Waals surface area contributed by atoms with Crippen LogP contribution in [-0.4, -0.2) is 19.3 Å². The van der Waals surface area contributed by atoms with Gasteiger partial charge in [-0.2, -0.15) is 0 Å². The smallest absolute Gasteiger partial charge is 0.168 e. The van der Waals surface area contributed by atoms with Crippen LogP contribution in [-0.2, 0) is 23.7 Å². The van der Waals surface area contributed by atoms with Crippen molar-refractivity contribution in [3.8, 4) is 11.5 Å². The molecule has 2 aromatic rings. The molecule has 24 heavy (non-hydrogen) atoms. The Balaban J connectivity index is 2.22. The Bertz CT molecular complexity index is 799. The number of hydrogen-bond acceptors (Lipinski definition) is 5. The first kappa shape index (κ1) is 18.0. The zero-order valence-electron chi connectivity index (χ0n) is 13.6. The molecule has 2 aromatic carbocycles. The first-order chi connectivity index (χ1) is 11.4. The largest absolute Gasteiger partial charge is 0.507 e. The van der Waals surface area contributed by atoms with Crippen LogP contribution in [0.25, 0.3) is 0 Å². The van der Waals surface area contributed by atoms with Gasteiger partial charge in [0.2, 0.25) is 0 Å². The highest BCUT2D eigenvalue weighted by atomic mass is 32.2. The van der Waals surface area contributed by atoms with Crippen molar-refractivity contribution in [2.75, 3.05) is 0 Å². The van der Waals surface area contributed by atoms with Crippen molar-refractivity contribution >= 4 is 16.5 Å². The predicted molar refractivity (Wildman–Crippen MR) is 91.5 cm³/mol. The zero-order chi connectivity index (χ0) is 17.7. The van der Waals surface area contributed by atoms with Crippen molar-refractivity contribution in [2.24, 2.45) is 0 Å². The minimum Gasteiger partial charge on any atom is -0.507 e. The molecule has 0 bridgehead atoms. The van der Waals surface area contributed by atoms with Crippen LogP contribution in [0, 0.1) is 0 Å². The lowest BCUT2D eigenvalue weighted by molar-refractivity contribution is 0.101. The summed E-state index contributed by atoms with van der Waals surface area (Å²) in [6, 6.07) is 9.65. The number of rotatable bonds is 7. The average molecular weight is 348 g/mol. The van der Waals surface area contributed by atoms with Crippen LogP contribution in [0.4, 0.5) is 0 Å². The van der Waals surface area contributed by atoms with E-state index in [0.29, 0.717) is 17.7 Å². The fraction of sp³-hybridized carbons (Fsp3) is 0.278. The third-order valence-corrected chi connectivity index (χ3v) is 4.38. The summed E-state index contributed by atoms with van der Waals surface area (Å²) in [5.41, 5.74) is 1.71. The average Bonchev–Trinajstić information content (AvgIpc) is 2.55. The Kier molecular flexibility index (Phi) is 5.98. The SMILES string of the molecule is CCCc1c(OCc2ccc([SH](=O)=O)cc2)ccc(C(C)=O)c1O. The molecule has 0 aliphatic heterocycles. The maximum atomic E-state index is 11.5. The van der Waals surface area contributed by atoms with Crippen LogP contribution < -0.4 is 4.74 Å². The number of benzene rings is 2. The van der Waals surface area contributed by atoms with Crippen LogP contribution >= 0.6 is 0 Å². The van der Waals surface area contributed by atoms with Crippen molar-refractivity contribution < 1.29 is 23.1 Å². The molecule has 0 saturated heterocycles. The van der Waals surface area contributed by atoms with E-state index in [1.807, 2.05) is 6.92 Å². The number of carbonyl (C=O) groups excluding carboxylic acids is 1. The topological polar surface area (TPSA) is 80.7 Å². The number of phenolic OH excluding ortho intramolecular Hbond substituents is 1. The number of hydrogen-bond donors (Lipinski definition) is 2. The molecule has 5 nitrogen and oxygen atoms in total. The molecule has 0 aromatic heterocycles. The van der Waals surface area contributed by atoms with Crippen molar-refractivity contribution in [1.82, 2.24) is 0 Å². The number of ketones is 1. The second-order valence-corrected chi connectivity index (χ2v) is 6.49. The molecular weight excluding hydrogens is 328 g/mol. The summed E-state index contributed by atoms with van der Waals surface area (Å²) in [5, 5.41) is 10.3. The van der Waals surface area contributed by atoms with Gasteiger partial charge in [-0.25, -0.2) is 8.42 Å². The summed E-state index contributed by atoms with van der Waals surface area (Å²) < 4.78 is 27.5. The van der Waals surface area contributed by atoms with Gasteiger partial charge >= 0.3 is 0 Å². The van der Waals surface area contributed by atoms with E-state index in [0.717, 1.165) is 12.0 Å². The molecule has 0 atom stereocenters. The van der Waals surface area contributed by atoms with Gasteiger partial charge in [0, 0.05) is 5.56 Å². The molecule has 0 heterocycles. The predicted octanol–water partition coefficient (Wildman–Crippen LogP) is 3.10. The summed E-state index contributed by atoms with van der Waals surface area (Å²) in [5.74, 6) is 0.303. The highest BCUT2D eigenvalue weighted by Crippen LogP contribution is 2.33. The molecule has 0 saturated carbocycles. The fourth-order valence-corrected chi connectivity index (χ4v) is 2.80. The standard InChI is InChI=1S/C18H20O5S/c1-3-4-16-17(10-9-15(12(2)19)18(16)20)23-11-13-5-7-14(8-6-13)24(21)22/h5-10,20,24H,3-4,11H2,1-2H3. The monoisotopic (exact) mass is 348 g/mol. The van der Waals surface area contributed by atoms with Gasteiger partial charge in [0.1, 0.15) is 18.1 Å². The molecule has 0 unspecified atom stereocenters. The van der Waals surface area contributed by atoms with E-state index in [2.05, 4.69) is 0 Å². The Morgan fingerprint density at radius 3 is 2.33 bits per heavy atom. The van der Waals surface area contributed by atoms with E-state index >= 15 is 0 Å². The van der Waals surface area contributed by atoms with E-state index in [4.69, 9.17) is 4.74 Å². The van der Waals surface area contributed by atoms with Crippen molar-refractivity contribution in [3.63, 3.8) is 0 Å². The molecule has 0 amide bonds. The minimum absolute atomic E-state index is 0.0273. The Labute approximate surface area is 142 Å². The second-order valence-electron chi connectivity index (χ2n) is 5.46. The number of ether oxygens (including phenoxy) is 1. The molecule has 6 heteroatoms. The number of aromatic hydroxyl groups is 1. The van der Waals surface area contributed by atoms with Gasteiger partial charge in [-0.15, -0.1) is 0 Å². The fourth-order valence-electron chi connectivity index (χ4n) is 2.40. The lowest BCUT2D eigenvalue weighted by Gasteiger charge is -2.14. The highest BCUT2D eigenvalue weighted by molar-refractivity contribution is 7.72. The summed E-state index contributed by atoms with van der Waals surface area (Å²) in [4.78, 5) is 11.8. The number of Topliss-reactive ketones (excluding diaryl/α,β-unsaturated/α-hetero) is 1. The molecule has 0 radical (unpaired) electrons. The molecule has 128 valence electrons. The van der Waals surface area contributed by atoms with E-state index < -0.39 is 10.7 Å². The lowest BCUT2D eigenvalue weighted by atomic mass is 10.0. The van der Waals surface area contributed by atoms with E-state index in [9.17, 15) is 18.3 Å². The number of carbonyl (C=O) groups is 1. The Morgan fingerprint density at radius 2 is 1.79 bits per heavy atom. The first-order valence-electron chi connectivity index (χ1n) is 7.66. The molecule has 0 fully saturated rings. The number of thiol groups is 1. The van der Waals surface area contributed by atoms with Crippen LogP contribution in [0.1, 0.15) is 41.8 Å². The maximum Gasteiger partial charge on any atom is 0.168 e. The van der Waals surface area contributed by atoms with Crippen LogP contribution in [0.15, 0.2) is 41.3 Å². The quantitative estimate of drug-likeness (QED) is 0.594. The molecule has 1 N–H and O–H groups in total. The summed E-state index contributed by atoms with van der Waals surface area (Å²) in [6.45, 7) is 3.63. The zero-order valence-corrected chi connectivity index (χ0v) is 14.5. The highest BCUT2D eigenvalue weighted by Gasteiger charge is 2.15. The normalized spacial score (nSPS) is 10.8. The first-order valence-corrected chi connectivity index (χ1v) is 8.83. The third kappa shape index (κ3) is 4.14. The van der Waals surface area contributed by atoms with Gasteiger partial charge in [-0.05, 0) is 43.2 Å². The van der Waals surface area contributed by atoms with E-state index in [1.54, 1.807) is 24.3 Å². The Hall–Kier alpha value is -2.34. The van der Waals surface area contributed by atoms with Crippen molar-refractivity contribution in [2.45, 2.75) is 38.2 Å². The van der Waals surface area contributed by atoms with Crippen LogP contribution in [0.3, 0.4) is 0 Å². The molecule has 2 rings (SSSR count). The van der Waals surface area contributed by atoms with Gasteiger partial charge in [0.05, 0.1) is 10.5 Å². The van der Waals surface area contributed by atoms with E-state index in [1.165, 1.54) is 19.1 Å². The van der Waals surface area contributed by atoms with Gasteiger partial charge in [-0.1, -0.05) is 25.5 Å². The molecule has 0 spiro atoms. The summed E-state index contributed by atoms with van der Waals surface area (Å²) >= 11 is 0. The summed E-state index contributed by atoms with van der Waals surface area (Å²) in [7, 11) is -2.59. The van der Waals surface area contributed by atoms with Gasteiger partial charge in [0.25, 0.3) is 0 Å². The minimum atomic E-state index is -2.59. The second kappa shape index (κ2) is 7.97. The van der Waals surface area contributed by atoms with Crippen molar-refractivity contribution in [1.29, 1.82) is 0 Å². The lowest BCUT2D eigenvalue weighted by Crippen LogP contribution is -2.02. The van der Waals surface area contributed by atoms with Crippen molar-refractivity contribution in [3.05, 3.63) is 53.1 Å². The van der Waals surface area contributed by atoms with Gasteiger partial charge < -0.3 is 9.84 Å².